The van der Waals surface area contributed by atoms with E-state index in [1.165, 1.54) is 0 Å². The van der Waals surface area contributed by atoms with Gasteiger partial charge >= 0.3 is 0 Å². The lowest BCUT2D eigenvalue weighted by Crippen LogP contribution is -2.32. The van der Waals surface area contributed by atoms with E-state index in [1.807, 2.05) is 59.3 Å². The largest absolute Gasteiger partial charge is 0.349 e. The third-order valence-corrected chi connectivity index (χ3v) is 5.17. The molecule has 3 heterocycles. The molecule has 0 bridgehead atoms. The van der Waals surface area contributed by atoms with Crippen LogP contribution in [0.4, 0.5) is 0 Å². The molecule has 0 spiro atoms. The van der Waals surface area contributed by atoms with Gasteiger partial charge in [0.05, 0.1) is 5.69 Å². The van der Waals surface area contributed by atoms with Gasteiger partial charge in [-0.1, -0.05) is 18.2 Å². The van der Waals surface area contributed by atoms with Gasteiger partial charge in [-0.25, -0.2) is 4.98 Å². The van der Waals surface area contributed by atoms with E-state index in [2.05, 4.69) is 15.6 Å². The van der Waals surface area contributed by atoms with Crippen molar-refractivity contribution < 1.29 is 4.79 Å². The molecule has 5 nitrogen and oxygen atoms in total. The number of benzene rings is 1. The van der Waals surface area contributed by atoms with Crippen molar-refractivity contribution in [3.63, 3.8) is 0 Å². The number of nitrogens with one attached hydrogen (secondary N) is 2. The minimum absolute atomic E-state index is 0.0139. The Balaban J connectivity index is 1.40. The van der Waals surface area contributed by atoms with E-state index in [-0.39, 0.29) is 5.91 Å². The molecule has 2 N–H and O–H groups in total. The quantitative estimate of drug-likeness (QED) is 0.776. The third-order valence-electron chi connectivity index (χ3n) is 5.17. The number of hydrogen-bond acceptors (Lipinski definition) is 3. The summed E-state index contributed by atoms with van der Waals surface area (Å²) in [4.78, 5) is 17.2. The van der Waals surface area contributed by atoms with Crippen LogP contribution in [-0.4, -0.2) is 34.4 Å². The normalized spacial score (nSPS) is 24.8. The number of amides is 1. The monoisotopic (exact) mass is 318 g/mol. The second kappa shape index (κ2) is 5.18. The van der Waals surface area contributed by atoms with Gasteiger partial charge in [0.25, 0.3) is 5.91 Å². The first kappa shape index (κ1) is 13.7. The Morgan fingerprint density at radius 2 is 2.04 bits per heavy atom. The fourth-order valence-corrected chi connectivity index (χ4v) is 3.76. The summed E-state index contributed by atoms with van der Waals surface area (Å²) < 4.78 is 1.99. The molecule has 5 heteroatoms. The number of piperidine rings is 1. The highest BCUT2D eigenvalue weighted by Crippen LogP contribution is 2.41. The van der Waals surface area contributed by atoms with Gasteiger partial charge in [0, 0.05) is 42.7 Å². The standard InChI is InChI=1S/C19H18N4O/c24-19(22-18-14-9-20-10-15(14)18)13-5-3-4-12(8-13)16-11-23-7-2-1-6-17(23)21-16/h1-8,11,14-15,18,20H,9-10H2,(H,22,24)/t14-,15+,18?. The van der Waals surface area contributed by atoms with Gasteiger partial charge in [0.1, 0.15) is 5.65 Å². The molecular weight excluding hydrogens is 300 g/mol. The van der Waals surface area contributed by atoms with Gasteiger partial charge in [-0.2, -0.15) is 0 Å². The van der Waals surface area contributed by atoms with Crippen molar-refractivity contribution in [1.82, 2.24) is 20.0 Å². The number of aromatic nitrogens is 2. The van der Waals surface area contributed by atoms with Crippen LogP contribution >= 0.6 is 0 Å². The molecule has 2 aromatic heterocycles. The molecule has 1 aromatic carbocycles. The molecule has 1 aliphatic heterocycles. The maximum Gasteiger partial charge on any atom is 0.251 e. The molecule has 120 valence electrons. The molecule has 3 aromatic rings. The first-order chi connectivity index (χ1) is 11.8. The predicted molar refractivity (Wildman–Crippen MR) is 91.7 cm³/mol. The maximum atomic E-state index is 12.5. The van der Waals surface area contributed by atoms with Crippen molar-refractivity contribution in [2.45, 2.75) is 6.04 Å². The number of imidazole rings is 1. The lowest BCUT2D eigenvalue weighted by atomic mass is 10.1. The summed E-state index contributed by atoms with van der Waals surface area (Å²) >= 11 is 0. The molecule has 1 saturated carbocycles. The van der Waals surface area contributed by atoms with Gasteiger partial charge in [-0.3, -0.25) is 4.79 Å². The van der Waals surface area contributed by atoms with Crippen LogP contribution in [0.15, 0.2) is 54.9 Å². The van der Waals surface area contributed by atoms with Crippen molar-refractivity contribution >= 4 is 11.6 Å². The molecule has 24 heavy (non-hydrogen) atoms. The van der Waals surface area contributed by atoms with Crippen molar-refractivity contribution in [2.75, 3.05) is 13.1 Å². The summed E-state index contributed by atoms with van der Waals surface area (Å²) in [7, 11) is 0. The number of carbonyl (C=O) groups is 1. The Morgan fingerprint density at radius 3 is 2.88 bits per heavy atom. The van der Waals surface area contributed by atoms with Gasteiger partial charge < -0.3 is 15.0 Å². The Labute approximate surface area is 139 Å². The second-order valence-corrected chi connectivity index (χ2v) is 6.66. The minimum Gasteiger partial charge on any atom is -0.349 e. The van der Waals surface area contributed by atoms with Crippen LogP contribution < -0.4 is 10.6 Å². The van der Waals surface area contributed by atoms with Crippen LogP contribution in [-0.2, 0) is 0 Å². The summed E-state index contributed by atoms with van der Waals surface area (Å²) in [6, 6.07) is 14.0. The second-order valence-electron chi connectivity index (χ2n) is 6.66. The van der Waals surface area contributed by atoms with E-state index in [0.717, 1.165) is 30.0 Å². The number of pyridine rings is 1. The van der Waals surface area contributed by atoms with Crippen LogP contribution in [0.1, 0.15) is 10.4 Å². The maximum absolute atomic E-state index is 12.5. The first-order valence-electron chi connectivity index (χ1n) is 8.35. The van der Waals surface area contributed by atoms with E-state index < -0.39 is 0 Å². The molecule has 1 saturated heterocycles. The highest BCUT2D eigenvalue weighted by Gasteiger charge is 2.53. The Kier molecular flexibility index (Phi) is 2.97. The summed E-state index contributed by atoms with van der Waals surface area (Å²) in [6.45, 7) is 2.05. The van der Waals surface area contributed by atoms with Crippen LogP contribution in [0.2, 0.25) is 0 Å². The molecule has 5 rings (SSSR count). The Hall–Kier alpha value is -2.66. The third kappa shape index (κ3) is 2.20. The fraction of sp³-hybridized carbons (Fsp3) is 0.263. The Morgan fingerprint density at radius 1 is 1.17 bits per heavy atom. The van der Waals surface area contributed by atoms with E-state index in [9.17, 15) is 4.79 Å². The lowest BCUT2D eigenvalue weighted by molar-refractivity contribution is 0.0946. The van der Waals surface area contributed by atoms with Crippen molar-refractivity contribution in [2.24, 2.45) is 11.8 Å². The smallest absolute Gasteiger partial charge is 0.251 e. The topological polar surface area (TPSA) is 58.4 Å². The van der Waals surface area contributed by atoms with E-state index in [4.69, 9.17) is 0 Å². The highest BCUT2D eigenvalue weighted by molar-refractivity contribution is 5.95. The number of fused-ring (bicyclic) bond motifs is 2. The number of nitrogens with zero attached hydrogens (tertiary/aromatic N) is 2. The van der Waals surface area contributed by atoms with Gasteiger partial charge in [-0.05, 0) is 36.1 Å². The summed E-state index contributed by atoms with van der Waals surface area (Å²) in [5.41, 5.74) is 3.44. The van der Waals surface area contributed by atoms with Crippen LogP contribution in [0.5, 0.6) is 0 Å². The van der Waals surface area contributed by atoms with E-state index in [1.54, 1.807) is 0 Å². The minimum atomic E-state index is 0.0139. The molecule has 1 amide bonds. The fourth-order valence-electron chi connectivity index (χ4n) is 3.76. The average Bonchev–Trinajstić information content (AvgIpc) is 3.02. The zero-order valence-electron chi connectivity index (χ0n) is 13.1. The first-order valence-corrected chi connectivity index (χ1v) is 8.35. The van der Waals surface area contributed by atoms with Crippen LogP contribution in [0.25, 0.3) is 16.9 Å². The van der Waals surface area contributed by atoms with Gasteiger partial charge in [0.15, 0.2) is 0 Å². The molecule has 3 atom stereocenters. The summed E-state index contributed by atoms with van der Waals surface area (Å²) in [5.74, 6) is 1.26. The SMILES string of the molecule is O=C(NC1[C@H]2CNC[C@@H]12)c1cccc(-c2cn3ccccc3n2)c1. The van der Waals surface area contributed by atoms with E-state index >= 15 is 0 Å². The average molecular weight is 318 g/mol. The summed E-state index contributed by atoms with van der Waals surface area (Å²) in [5, 5.41) is 6.52. The molecule has 2 aliphatic rings. The van der Waals surface area contributed by atoms with Crippen molar-refractivity contribution in [3.05, 3.63) is 60.4 Å². The molecule has 1 aliphatic carbocycles. The molecule has 2 fully saturated rings. The predicted octanol–water partition coefficient (Wildman–Crippen LogP) is 1.95. The molecule has 0 radical (unpaired) electrons. The van der Waals surface area contributed by atoms with Gasteiger partial charge in [-0.15, -0.1) is 0 Å². The molecule has 1 unspecified atom stereocenters. The Bertz CT molecular complexity index is 889. The number of hydrogen-bond donors (Lipinski definition) is 2. The number of rotatable bonds is 3. The van der Waals surface area contributed by atoms with Crippen molar-refractivity contribution in [1.29, 1.82) is 0 Å². The zero-order valence-corrected chi connectivity index (χ0v) is 13.1. The zero-order chi connectivity index (χ0) is 16.1. The van der Waals surface area contributed by atoms with E-state index in [0.29, 0.717) is 23.4 Å². The summed E-state index contributed by atoms with van der Waals surface area (Å²) in [6.07, 6.45) is 3.96. The van der Waals surface area contributed by atoms with Crippen LogP contribution in [0, 0.1) is 11.8 Å². The van der Waals surface area contributed by atoms with Crippen LogP contribution in [0.3, 0.4) is 0 Å². The molecular formula is C19H18N4O. The van der Waals surface area contributed by atoms with Crippen molar-refractivity contribution in [3.8, 4) is 11.3 Å². The highest BCUT2D eigenvalue weighted by atomic mass is 16.1. The van der Waals surface area contributed by atoms with Gasteiger partial charge in [0.2, 0.25) is 0 Å². The lowest BCUT2D eigenvalue weighted by Gasteiger charge is -2.08. The number of carbonyl (C=O) groups excluding carboxylic acids is 1.